The van der Waals surface area contributed by atoms with Crippen LogP contribution < -0.4 is 5.73 Å². The summed E-state index contributed by atoms with van der Waals surface area (Å²) in [6.45, 7) is 2.13. The van der Waals surface area contributed by atoms with E-state index in [-0.39, 0.29) is 0 Å². The summed E-state index contributed by atoms with van der Waals surface area (Å²) in [7, 11) is 0. The highest BCUT2D eigenvalue weighted by atomic mass is 16.5. The maximum Gasteiger partial charge on any atom is 0.222 e. The highest BCUT2D eigenvalue weighted by Crippen LogP contribution is 2.26. The fraction of sp³-hybridized carbons (Fsp3) is 0.143. The number of anilines is 1. The van der Waals surface area contributed by atoms with Crippen LogP contribution in [-0.2, 0) is 6.42 Å². The zero-order valence-electron chi connectivity index (χ0n) is 10.1. The van der Waals surface area contributed by atoms with Crippen molar-refractivity contribution in [2.45, 2.75) is 13.3 Å². The number of rotatable bonds is 2. The van der Waals surface area contributed by atoms with E-state index in [1.807, 2.05) is 18.5 Å². The molecule has 1 aromatic carbocycles. The molecule has 0 saturated carbocycles. The highest BCUT2D eigenvalue weighted by molar-refractivity contribution is 5.88. The molecule has 0 amide bonds. The van der Waals surface area contributed by atoms with Gasteiger partial charge in [0.2, 0.25) is 5.88 Å². The van der Waals surface area contributed by atoms with Crippen LogP contribution in [0, 0.1) is 0 Å². The second-order valence-corrected chi connectivity index (χ2v) is 4.20. The minimum absolute atomic E-state index is 0.325. The van der Waals surface area contributed by atoms with Gasteiger partial charge in [-0.25, -0.2) is 0 Å². The smallest absolute Gasteiger partial charge is 0.222 e. The first-order chi connectivity index (χ1) is 8.78. The minimum Gasteiger partial charge on any atom is -0.368 e. The Bertz CT molecular complexity index is 703. The maximum atomic E-state index is 5.53. The van der Waals surface area contributed by atoms with Crippen LogP contribution in [0.5, 0.6) is 0 Å². The average Bonchev–Trinajstić information content (AvgIpc) is 2.84. The molecule has 3 aromatic rings. The van der Waals surface area contributed by atoms with Gasteiger partial charge in [0, 0.05) is 29.4 Å². The van der Waals surface area contributed by atoms with E-state index in [1.54, 1.807) is 6.07 Å². The Balaban J connectivity index is 2.17. The van der Waals surface area contributed by atoms with Crippen molar-refractivity contribution in [1.29, 1.82) is 0 Å². The third kappa shape index (κ3) is 1.72. The lowest BCUT2D eigenvalue weighted by Crippen LogP contribution is -1.87. The first-order valence-corrected chi connectivity index (χ1v) is 5.87. The minimum atomic E-state index is 0.325. The van der Waals surface area contributed by atoms with Crippen LogP contribution in [0.4, 0.5) is 5.88 Å². The third-order valence-electron chi connectivity index (χ3n) is 3.05. The summed E-state index contributed by atoms with van der Waals surface area (Å²) >= 11 is 0. The molecule has 2 aromatic heterocycles. The van der Waals surface area contributed by atoms with Crippen molar-refractivity contribution >= 4 is 16.7 Å². The largest absolute Gasteiger partial charge is 0.368 e. The van der Waals surface area contributed by atoms with Gasteiger partial charge in [-0.15, -0.1) is 0 Å². The predicted molar refractivity (Wildman–Crippen MR) is 71.0 cm³/mol. The van der Waals surface area contributed by atoms with Crippen molar-refractivity contribution in [3.63, 3.8) is 0 Å². The van der Waals surface area contributed by atoms with Crippen LogP contribution in [0.25, 0.3) is 22.0 Å². The fourth-order valence-corrected chi connectivity index (χ4v) is 2.11. The molecular formula is C14H13N3O. The molecule has 0 spiro atoms. The molecule has 2 N–H and O–H groups in total. The number of fused-ring (bicyclic) bond motifs is 1. The molecule has 0 saturated heterocycles. The van der Waals surface area contributed by atoms with Gasteiger partial charge in [0.05, 0.1) is 0 Å². The molecule has 0 unspecified atom stereocenters. The second-order valence-electron chi connectivity index (χ2n) is 4.20. The van der Waals surface area contributed by atoms with Crippen LogP contribution in [-0.4, -0.2) is 10.1 Å². The van der Waals surface area contributed by atoms with E-state index >= 15 is 0 Å². The second kappa shape index (κ2) is 4.14. The predicted octanol–water partition coefficient (Wildman–Crippen LogP) is 3.03. The highest BCUT2D eigenvalue weighted by Gasteiger charge is 2.06. The van der Waals surface area contributed by atoms with Crippen LogP contribution in [0.1, 0.15) is 12.5 Å². The molecule has 0 fully saturated rings. The molecule has 18 heavy (non-hydrogen) atoms. The van der Waals surface area contributed by atoms with Crippen LogP contribution >= 0.6 is 0 Å². The molecule has 90 valence electrons. The Hall–Kier alpha value is -2.36. The Labute approximate surface area is 104 Å². The maximum absolute atomic E-state index is 5.53. The Morgan fingerprint density at radius 2 is 2.11 bits per heavy atom. The lowest BCUT2D eigenvalue weighted by atomic mass is 10.0. The zero-order chi connectivity index (χ0) is 12.5. The standard InChI is InChI=1S/C14H13N3O/c1-2-9-7-16-8-11-5-10(3-4-12(9)11)13-6-14(15)18-17-13/h3-8H,2,15H2,1H3. The molecule has 4 heteroatoms. The molecule has 4 nitrogen and oxygen atoms in total. The van der Waals surface area contributed by atoms with Gasteiger partial charge >= 0.3 is 0 Å². The van der Waals surface area contributed by atoms with E-state index in [9.17, 15) is 0 Å². The number of nitrogen functional groups attached to an aromatic ring is 1. The molecule has 0 radical (unpaired) electrons. The number of hydrogen-bond acceptors (Lipinski definition) is 4. The Morgan fingerprint density at radius 1 is 1.22 bits per heavy atom. The van der Waals surface area contributed by atoms with Crippen molar-refractivity contribution in [2.24, 2.45) is 0 Å². The lowest BCUT2D eigenvalue weighted by molar-refractivity contribution is 0.439. The molecule has 0 aliphatic rings. The van der Waals surface area contributed by atoms with Gasteiger partial charge in [-0.2, -0.15) is 0 Å². The molecule has 0 aliphatic carbocycles. The van der Waals surface area contributed by atoms with E-state index in [2.05, 4.69) is 29.2 Å². The van der Waals surface area contributed by atoms with Crippen molar-refractivity contribution < 1.29 is 4.52 Å². The van der Waals surface area contributed by atoms with Gasteiger partial charge in [0.25, 0.3) is 0 Å². The van der Waals surface area contributed by atoms with E-state index in [0.717, 1.165) is 23.1 Å². The van der Waals surface area contributed by atoms with Crippen LogP contribution in [0.3, 0.4) is 0 Å². The van der Waals surface area contributed by atoms with Gasteiger partial charge in [-0.3, -0.25) is 4.98 Å². The third-order valence-corrected chi connectivity index (χ3v) is 3.05. The number of nitrogens with zero attached hydrogens (tertiary/aromatic N) is 2. The van der Waals surface area contributed by atoms with Crippen molar-refractivity contribution in [3.05, 3.63) is 42.2 Å². The van der Waals surface area contributed by atoms with Crippen LogP contribution in [0.15, 0.2) is 41.2 Å². The van der Waals surface area contributed by atoms with Gasteiger partial charge in [0.1, 0.15) is 5.69 Å². The molecule has 0 atom stereocenters. The van der Waals surface area contributed by atoms with Gasteiger partial charge in [-0.1, -0.05) is 24.2 Å². The van der Waals surface area contributed by atoms with E-state index < -0.39 is 0 Å². The molecule has 0 bridgehead atoms. The van der Waals surface area contributed by atoms with E-state index in [0.29, 0.717) is 5.88 Å². The molecule has 3 rings (SSSR count). The first kappa shape index (κ1) is 10.8. The van der Waals surface area contributed by atoms with Crippen molar-refractivity contribution in [2.75, 3.05) is 5.73 Å². The van der Waals surface area contributed by atoms with Crippen LogP contribution in [0.2, 0.25) is 0 Å². The van der Waals surface area contributed by atoms with E-state index in [4.69, 9.17) is 10.3 Å². The SMILES string of the molecule is CCc1cncc2cc(-c3cc(N)on3)ccc12. The summed E-state index contributed by atoms with van der Waals surface area (Å²) in [6, 6.07) is 7.89. The summed E-state index contributed by atoms with van der Waals surface area (Å²) in [6.07, 6.45) is 4.75. The number of pyridine rings is 1. The quantitative estimate of drug-likeness (QED) is 0.746. The summed E-state index contributed by atoms with van der Waals surface area (Å²) in [4.78, 5) is 4.26. The van der Waals surface area contributed by atoms with E-state index in [1.165, 1.54) is 10.9 Å². The van der Waals surface area contributed by atoms with Crippen molar-refractivity contribution in [1.82, 2.24) is 10.1 Å². The number of aryl methyl sites for hydroxylation is 1. The summed E-state index contributed by atoms with van der Waals surface area (Å²) in [5.74, 6) is 0.325. The number of hydrogen-bond donors (Lipinski definition) is 1. The topological polar surface area (TPSA) is 64.9 Å². The van der Waals surface area contributed by atoms with Gasteiger partial charge < -0.3 is 10.3 Å². The van der Waals surface area contributed by atoms with Gasteiger partial charge in [0.15, 0.2) is 0 Å². The number of nitrogens with two attached hydrogens (primary N) is 1. The molecular weight excluding hydrogens is 226 g/mol. The average molecular weight is 239 g/mol. The Morgan fingerprint density at radius 3 is 2.83 bits per heavy atom. The summed E-state index contributed by atoms with van der Waals surface area (Å²) in [5.41, 5.74) is 8.51. The lowest BCUT2D eigenvalue weighted by Gasteiger charge is -2.04. The summed E-state index contributed by atoms with van der Waals surface area (Å²) in [5, 5.41) is 6.25. The first-order valence-electron chi connectivity index (χ1n) is 5.87. The fourth-order valence-electron chi connectivity index (χ4n) is 2.11. The van der Waals surface area contributed by atoms with Crippen molar-refractivity contribution in [3.8, 4) is 11.3 Å². The number of aromatic nitrogens is 2. The normalized spacial score (nSPS) is 10.9. The molecule has 0 aliphatic heterocycles. The zero-order valence-corrected chi connectivity index (χ0v) is 10.1. The summed E-state index contributed by atoms with van der Waals surface area (Å²) < 4.78 is 4.89. The Kier molecular flexibility index (Phi) is 2.48. The monoisotopic (exact) mass is 239 g/mol. The van der Waals surface area contributed by atoms with Gasteiger partial charge in [-0.05, 0) is 23.4 Å². The molecule has 2 heterocycles. The number of benzene rings is 1.